The monoisotopic (exact) mass is 509 g/mol. The molecule has 1 aliphatic heterocycles. The number of alkyl halides is 2. The third kappa shape index (κ3) is 4.48. The average molecular weight is 509 g/mol. The fraction of sp³-hybridized carbons (Fsp3) is 0.231. The van der Waals surface area contributed by atoms with Crippen LogP contribution in [0.3, 0.4) is 0 Å². The van der Waals surface area contributed by atoms with Gasteiger partial charge in [-0.05, 0) is 42.0 Å². The normalized spacial score (nSPS) is 18.0. The summed E-state index contributed by atoms with van der Waals surface area (Å²) in [5.74, 6) is -6.00. The number of halogens is 3. The van der Waals surface area contributed by atoms with Crippen molar-refractivity contribution in [1.82, 2.24) is 19.7 Å². The van der Waals surface area contributed by atoms with Crippen molar-refractivity contribution in [1.29, 1.82) is 0 Å². The first-order valence-corrected chi connectivity index (χ1v) is 11.4. The number of aryl methyl sites for hydroxylation is 1. The molecule has 3 heterocycles. The summed E-state index contributed by atoms with van der Waals surface area (Å²) in [6.45, 7) is 0.486. The van der Waals surface area contributed by atoms with E-state index in [0.717, 1.165) is 0 Å². The number of fused-ring (bicyclic) bond motifs is 1. The molecule has 0 aliphatic carbocycles. The van der Waals surface area contributed by atoms with Gasteiger partial charge in [0.2, 0.25) is 11.5 Å². The molecule has 0 bridgehead atoms. The van der Waals surface area contributed by atoms with Crippen molar-refractivity contribution in [2.45, 2.75) is 31.4 Å². The minimum Gasteiger partial charge on any atom is -0.345 e. The van der Waals surface area contributed by atoms with Crippen molar-refractivity contribution in [3.8, 4) is 5.69 Å². The predicted octanol–water partition coefficient (Wildman–Crippen LogP) is 3.48. The largest absolute Gasteiger partial charge is 0.345 e. The molecule has 4 aromatic rings. The van der Waals surface area contributed by atoms with Gasteiger partial charge in [-0.1, -0.05) is 12.1 Å². The van der Waals surface area contributed by atoms with Gasteiger partial charge < -0.3 is 14.8 Å². The van der Waals surface area contributed by atoms with Crippen LogP contribution in [0.5, 0.6) is 0 Å². The number of amides is 2. The lowest BCUT2D eigenvalue weighted by Crippen LogP contribution is -2.46. The van der Waals surface area contributed by atoms with Gasteiger partial charge in [0.05, 0.1) is 29.5 Å². The van der Waals surface area contributed by atoms with Crippen LogP contribution < -0.4 is 15.8 Å². The van der Waals surface area contributed by atoms with E-state index < -0.39 is 29.7 Å². The zero-order chi connectivity index (χ0) is 26.5. The smallest absolute Gasteiger partial charge is 0.321 e. The van der Waals surface area contributed by atoms with Gasteiger partial charge >= 0.3 is 5.92 Å². The van der Waals surface area contributed by atoms with Crippen molar-refractivity contribution in [2.75, 3.05) is 4.90 Å². The maximum atomic E-state index is 13.6. The quantitative estimate of drug-likeness (QED) is 0.446. The van der Waals surface area contributed by atoms with Crippen LogP contribution in [0, 0.1) is 5.82 Å². The van der Waals surface area contributed by atoms with Gasteiger partial charge in [-0.25, -0.2) is 9.07 Å². The number of carbonyl (C=O) groups is 2. The second-order valence-corrected chi connectivity index (χ2v) is 9.07. The van der Waals surface area contributed by atoms with E-state index in [0.29, 0.717) is 34.8 Å². The van der Waals surface area contributed by atoms with Crippen LogP contribution >= 0.6 is 0 Å². The Labute approximate surface area is 208 Å². The molecule has 1 fully saturated rings. The third-order valence-electron chi connectivity index (χ3n) is 6.39. The Kier molecular flexibility index (Phi) is 5.85. The lowest BCUT2D eigenvalue weighted by atomic mass is 9.99. The van der Waals surface area contributed by atoms with Crippen LogP contribution in [0.15, 0.2) is 71.8 Å². The molecule has 2 atom stereocenters. The molecule has 2 aromatic carbocycles. The molecule has 11 heteroatoms. The predicted molar refractivity (Wildman–Crippen MR) is 130 cm³/mol. The van der Waals surface area contributed by atoms with Crippen LogP contribution in [0.1, 0.15) is 24.9 Å². The van der Waals surface area contributed by atoms with E-state index in [1.165, 1.54) is 39.8 Å². The maximum Gasteiger partial charge on any atom is 0.321 e. The summed E-state index contributed by atoms with van der Waals surface area (Å²) in [6.07, 6.45) is 3.04. The Morgan fingerprint density at radius 1 is 1.05 bits per heavy atom. The number of nitrogens with one attached hydrogen (secondary N) is 1. The van der Waals surface area contributed by atoms with Crippen molar-refractivity contribution in [3.05, 3.63) is 88.7 Å². The van der Waals surface area contributed by atoms with Gasteiger partial charge in [0.25, 0.3) is 5.91 Å². The standard InChI is InChI=1S/C26H22F3N5O3/c1-26(28,29)25(37)31-20-12-23(36)33(24(20)15-3-5-17(27)6-4-15)18-7-9-21-16(11-18)13-30-34(21)19-8-10-22(35)32(2)14-19/h3-11,13-14,20,24H,12H2,1-2H3,(H,31,37). The Morgan fingerprint density at radius 2 is 1.76 bits per heavy atom. The van der Waals surface area contributed by atoms with Crippen LogP contribution in [0.25, 0.3) is 16.6 Å². The minimum absolute atomic E-state index is 0.163. The van der Waals surface area contributed by atoms with Gasteiger partial charge in [-0.15, -0.1) is 0 Å². The van der Waals surface area contributed by atoms with E-state index >= 15 is 0 Å². The number of rotatable bonds is 5. The highest BCUT2D eigenvalue weighted by Crippen LogP contribution is 2.39. The summed E-state index contributed by atoms with van der Waals surface area (Å²) in [5, 5.41) is 7.39. The van der Waals surface area contributed by atoms with Crippen molar-refractivity contribution in [2.24, 2.45) is 7.05 Å². The summed E-state index contributed by atoms with van der Waals surface area (Å²) in [6, 6.07) is 11.8. The van der Waals surface area contributed by atoms with E-state index in [2.05, 4.69) is 10.4 Å². The molecule has 5 rings (SSSR count). The Bertz CT molecular complexity index is 1570. The van der Waals surface area contributed by atoms with Crippen molar-refractivity contribution >= 4 is 28.4 Å². The second kappa shape index (κ2) is 8.91. The number of benzene rings is 2. The molecular formula is C26H22F3N5O3. The van der Waals surface area contributed by atoms with Gasteiger partial charge in [0, 0.05) is 43.7 Å². The first-order chi connectivity index (χ1) is 17.5. The molecule has 2 amide bonds. The molecule has 0 saturated carbocycles. The lowest BCUT2D eigenvalue weighted by molar-refractivity contribution is -0.143. The minimum atomic E-state index is -3.63. The molecule has 2 unspecified atom stereocenters. The number of hydrogen-bond acceptors (Lipinski definition) is 4. The lowest BCUT2D eigenvalue weighted by Gasteiger charge is -2.29. The van der Waals surface area contributed by atoms with E-state index in [1.54, 1.807) is 48.4 Å². The fourth-order valence-corrected chi connectivity index (χ4v) is 4.58. The average Bonchev–Trinajstić information content (AvgIpc) is 3.41. The molecule has 2 aromatic heterocycles. The number of hydrogen-bond donors (Lipinski definition) is 1. The second-order valence-electron chi connectivity index (χ2n) is 9.07. The summed E-state index contributed by atoms with van der Waals surface area (Å²) >= 11 is 0. The van der Waals surface area contributed by atoms with Gasteiger partial charge in [-0.3, -0.25) is 14.4 Å². The summed E-state index contributed by atoms with van der Waals surface area (Å²) in [4.78, 5) is 38.4. The molecule has 1 saturated heterocycles. The van der Waals surface area contributed by atoms with Gasteiger partial charge in [0.1, 0.15) is 5.82 Å². The zero-order valence-corrected chi connectivity index (χ0v) is 19.9. The van der Waals surface area contributed by atoms with E-state index in [4.69, 9.17) is 0 Å². The highest BCUT2D eigenvalue weighted by molar-refractivity contribution is 6.00. The summed E-state index contributed by atoms with van der Waals surface area (Å²) < 4.78 is 44.0. The van der Waals surface area contributed by atoms with Gasteiger partial charge in [-0.2, -0.15) is 13.9 Å². The summed E-state index contributed by atoms with van der Waals surface area (Å²) in [5.41, 5.74) is 2.16. The molecule has 1 N–H and O–H groups in total. The number of anilines is 1. The first kappa shape index (κ1) is 24.3. The number of nitrogens with zero attached hydrogens (tertiary/aromatic N) is 4. The fourth-order valence-electron chi connectivity index (χ4n) is 4.58. The molecule has 1 aliphatic rings. The van der Waals surface area contributed by atoms with Gasteiger partial charge in [0.15, 0.2) is 0 Å². The van der Waals surface area contributed by atoms with Crippen LogP contribution in [-0.2, 0) is 16.6 Å². The number of pyridine rings is 1. The zero-order valence-electron chi connectivity index (χ0n) is 19.9. The molecule has 0 radical (unpaired) electrons. The van der Waals surface area contributed by atoms with Crippen molar-refractivity contribution in [3.63, 3.8) is 0 Å². The maximum absolute atomic E-state index is 13.6. The van der Waals surface area contributed by atoms with E-state index in [-0.39, 0.29) is 17.9 Å². The van der Waals surface area contributed by atoms with Crippen LogP contribution in [0.2, 0.25) is 0 Å². The van der Waals surface area contributed by atoms with E-state index in [9.17, 15) is 27.6 Å². The molecule has 37 heavy (non-hydrogen) atoms. The highest BCUT2D eigenvalue weighted by atomic mass is 19.3. The first-order valence-electron chi connectivity index (χ1n) is 11.4. The van der Waals surface area contributed by atoms with Crippen LogP contribution in [-0.4, -0.2) is 38.1 Å². The Hall–Kier alpha value is -4.41. The number of aromatic nitrogens is 3. The molecular weight excluding hydrogens is 487 g/mol. The van der Waals surface area contributed by atoms with Crippen LogP contribution in [0.4, 0.5) is 18.9 Å². The number of carbonyl (C=O) groups excluding carboxylic acids is 2. The third-order valence-corrected chi connectivity index (χ3v) is 6.39. The molecule has 190 valence electrons. The molecule has 8 nitrogen and oxygen atoms in total. The highest BCUT2D eigenvalue weighted by Gasteiger charge is 2.45. The summed E-state index contributed by atoms with van der Waals surface area (Å²) in [7, 11) is 1.63. The van der Waals surface area contributed by atoms with E-state index in [1.807, 2.05) is 0 Å². The SMILES string of the molecule is Cn1cc(-n2ncc3cc(N4C(=O)CC(NC(=O)C(C)(F)F)C4c4ccc(F)cc4)ccc32)ccc1=O. The Morgan fingerprint density at radius 3 is 2.43 bits per heavy atom. The Balaban J connectivity index is 1.55. The molecule has 0 spiro atoms. The van der Waals surface area contributed by atoms with Crippen molar-refractivity contribution < 1.29 is 22.8 Å². The topological polar surface area (TPSA) is 89.2 Å².